The molecular weight excluding hydrogens is 521 g/mol. The second-order valence-corrected chi connectivity index (χ2v) is 10.5. The van der Waals surface area contributed by atoms with E-state index in [-0.39, 0.29) is 28.3 Å². The number of anilines is 1. The number of alkyl halides is 3. The smallest absolute Gasteiger partial charge is 0.369 e. The number of hydrogen-bond donors (Lipinski definition) is 2. The van der Waals surface area contributed by atoms with Gasteiger partial charge in [-0.3, -0.25) is 29.4 Å². The first-order valence-corrected chi connectivity index (χ1v) is 13.1. The van der Waals surface area contributed by atoms with E-state index >= 15 is 0 Å². The summed E-state index contributed by atoms with van der Waals surface area (Å²) in [5.41, 5.74) is -0.0866. The number of carbonyl (C=O) groups is 4. The van der Waals surface area contributed by atoms with Gasteiger partial charge in [-0.25, -0.2) is 0 Å². The van der Waals surface area contributed by atoms with Crippen molar-refractivity contribution in [1.82, 2.24) is 15.5 Å². The number of benzene rings is 1. The van der Waals surface area contributed by atoms with E-state index in [1.807, 2.05) is 4.90 Å². The maximum Gasteiger partial charge on any atom is 0.416 e. The highest BCUT2D eigenvalue weighted by Gasteiger charge is 2.45. The van der Waals surface area contributed by atoms with E-state index in [1.165, 1.54) is 17.0 Å². The van der Waals surface area contributed by atoms with E-state index in [4.69, 9.17) is 0 Å². The molecule has 3 aliphatic heterocycles. The maximum atomic E-state index is 13.4. The zero-order valence-corrected chi connectivity index (χ0v) is 21.0. The van der Waals surface area contributed by atoms with Crippen molar-refractivity contribution in [1.29, 1.82) is 0 Å². The summed E-state index contributed by atoms with van der Waals surface area (Å²) in [5.74, 6) is -1.81. The third kappa shape index (κ3) is 5.28. The number of amides is 4. The lowest BCUT2D eigenvalue weighted by Crippen LogP contribution is -2.37. The largest absolute Gasteiger partial charge is 0.416 e. The highest BCUT2D eigenvalue weighted by molar-refractivity contribution is 8.18. The van der Waals surface area contributed by atoms with Crippen LogP contribution in [-0.2, 0) is 20.6 Å². The molecule has 200 valence electrons. The second kappa shape index (κ2) is 10.4. The number of likely N-dealkylation sites (tertiary alicyclic amines) is 1. The molecule has 4 amide bonds. The van der Waals surface area contributed by atoms with Crippen LogP contribution in [0, 0.1) is 11.8 Å². The maximum absolute atomic E-state index is 13.4. The van der Waals surface area contributed by atoms with Crippen molar-refractivity contribution in [3.05, 3.63) is 58.5 Å². The number of halogens is 3. The van der Waals surface area contributed by atoms with Crippen molar-refractivity contribution in [3.8, 4) is 0 Å². The van der Waals surface area contributed by atoms with Gasteiger partial charge in [-0.1, -0.05) is 24.3 Å². The number of allylic oxidation sites excluding steroid dienone is 2. The predicted octanol–water partition coefficient (Wildman–Crippen LogP) is 3.31. The minimum absolute atomic E-state index is 0.0428. The van der Waals surface area contributed by atoms with Gasteiger partial charge in [0.1, 0.15) is 0 Å². The van der Waals surface area contributed by atoms with Crippen LogP contribution < -0.4 is 15.5 Å². The average molecular weight is 547 g/mol. The Kier molecular flexibility index (Phi) is 7.19. The summed E-state index contributed by atoms with van der Waals surface area (Å²) in [7, 11) is 0. The zero-order chi connectivity index (χ0) is 27.0. The predicted molar refractivity (Wildman–Crippen MR) is 136 cm³/mol. The SMILES string of the molecule is O=C1NC(=O)/C(=C/c2cc(C(F)(F)F)ccc2N2CC[C@H](NCCCN3C(=O)C4C=CC=CC4C3=O)C2)S1. The van der Waals surface area contributed by atoms with Gasteiger partial charge in [0.25, 0.3) is 11.1 Å². The van der Waals surface area contributed by atoms with Crippen molar-refractivity contribution in [2.45, 2.75) is 25.1 Å². The van der Waals surface area contributed by atoms with Gasteiger partial charge in [0.15, 0.2) is 0 Å². The molecule has 5 rings (SSSR count). The van der Waals surface area contributed by atoms with Crippen molar-refractivity contribution < 1.29 is 32.3 Å². The van der Waals surface area contributed by atoms with Crippen LogP contribution in [0.25, 0.3) is 6.08 Å². The molecular formula is C26H25F3N4O4S. The van der Waals surface area contributed by atoms with E-state index in [1.54, 1.807) is 24.3 Å². The number of rotatable bonds is 7. The Labute approximate surface area is 221 Å². The van der Waals surface area contributed by atoms with Gasteiger partial charge in [0, 0.05) is 31.4 Å². The summed E-state index contributed by atoms with van der Waals surface area (Å²) < 4.78 is 40.1. The Balaban J connectivity index is 1.20. The van der Waals surface area contributed by atoms with E-state index in [2.05, 4.69) is 10.6 Å². The molecule has 2 unspecified atom stereocenters. The number of carbonyl (C=O) groups excluding carboxylic acids is 4. The third-order valence-corrected chi connectivity index (χ3v) is 7.85. The topological polar surface area (TPSA) is 98.8 Å². The van der Waals surface area contributed by atoms with Gasteiger partial charge in [0.2, 0.25) is 11.8 Å². The summed E-state index contributed by atoms with van der Waals surface area (Å²) in [6.07, 6.45) is 5.18. The molecule has 0 saturated carbocycles. The molecule has 3 atom stereocenters. The fraction of sp³-hybridized carbons (Fsp3) is 0.385. The number of hydrogen-bond acceptors (Lipinski definition) is 7. The number of thioether (sulfide) groups is 1. The van der Waals surface area contributed by atoms with Crippen molar-refractivity contribution >= 4 is 46.5 Å². The molecule has 1 aliphatic carbocycles. The van der Waals surface area contributed by atoms with Gasteiger partial charge >= 0.3 is 6.18 Å². The molecule has 8 nitrogen and oxygen atoms in total. The normalized spacial score (nSPS) is 26.2. The molecule has 1 aromatic rings. The highest BCUT2D eigenvalue weighted by atomic mass is 32.2. The van der Waals surface area contributed by atoms with Crippen LogP contribution >= 0.6 is 11.8 Å². The fourth-order valence-electron chi connectivity index (χ4n) is 5.15. The molecule has 2 N–H and O–H groups in total. The Morgan fingerprint density at radius 2 is 1.79 bits per heavy atom. The number of nitrogens with zero attached hydrogens (tertiary/aromatic N) is 2. The van der Waals surface area contributed by atoms with Crippen LogP contribution in [0.2, 0.25) is 0 Å². The van der Waals surface area contributed by atoms with Gasteiger partial charge < -0.3 is 10.2 Å². The lowest BCUT2D eigenvalue weighted by molar-refractivity contribution is -0.140. The lowest BCUT2D eigenvalue weighted by Gasteiger charge is -2.23. The Morgan fingerprint density at radius 3 is 2.42 bits per heavy atom. The monoisotopic (exact) mass is 546 g/mol. The van der Waals surface area contributed by atoms with Crippen LogP contribution in [-0.4, -0.2) is 60.1 Å². The second-order valence-electron chi connectivity index (χ2n) is 9.51. The molecule has 4 aliphatic rings. The lowest BCUT2D eigenvalue weighted by atomic mass is 9.91. The third-order valence-electron chi connectivity index (χ3n) is 7.04. The molecule has 1 aromatic carbocycles. The minimum Gasteiger partial charge on any atom is -0.369 e. The van der Waals surface area contributed by atoms with Crippen LogP contribution in [0.5, 0.6) is 0 Å². The molecule has 0 spiro atoms. The van der Waals surface area contributed by atoms with E-state index < -0.39 is 34.7 Å². The van der Waals surface area contributed by atoms with E-state index in [0.717, 1.165) is 18.6 Å². The zero-order valence-electron chi connectivity index (χ0n) is 20.2. The van der Waals surface area contributed by atoms with Crippen molar-refractivity contribution in [2.24, 2.45) is 11.8 Å². The van der Waals surface area contributed by atoms with Gasteiger partial charge in [-0.2, -0.15) is 13.2 Å². The molecule has 12 heteroatoms. The Bertz CT molecular complexity index is 1250. The van der Waals surface area contributed by atoms with Crippen molar-refractivity contribution in [2.75, 3.05) is 31.1 Å². The first-order chi connectivity index (χ1) is 18.1. The Morgan fingerprint density at radius 1 is 1.08 bits per heavy atom. The summed E-state index contributed by atoms with van der Waals surface area (Å²) in [5, 5.41) is 4.96. The van der Waals surface area contributed by atoms with Gasteiger partial charge in [-0.05, 0) is 61.0 Å². The summed E-state index contributed by atoms with van der Waals surface area (Å²) in [6.45, 7) is 2.01. The molecule has 3 fully saturated rings. The molecule has 0 bridgehead atoms. The molecule has 0 radical (unpaired) electrons. The molecule has 3 heterocycles. The van der Waals surface area contributed by atoms with E-state index in [9.17, 15) is 32.3 Å². The molecule has 0 aromatic heterocycles. The van der Waals surface area contributed by atoms with Crippen LogP contribution in [0.4, 0.5) is 23.7 Å². The first kappa shape index (κ1) is 26.2. The molecule has 38 heavy (non-hydrogen) atoms. The summed E-state index contributed by atoms with van der Waals surface area (Å²) in [4.78, 5) is 51.9. The quantitative estimate of drug-likeness (QED) is 0.308. The van der Waals surface area contributed by atoms with Gasteiger partial charge in [-0.15, -0.1) is 0 Å². The van der Waals surface area contributed by atoms with Crippen LogP contribution in [0.3, 0.4) is 0 Å². The minimum atomic E-state index is -4.55. The fourth-order valence-corrected chi connectivity index (χ4v) is 5.83. The standard InChI is InChI=1S/C26H25F3N4O4S/c27-26(28,29)16-6-7-20(15(12-16)13-21-22(34)31-25(37)38-21)32-11-8-17(14-32)30-9-3-10-33-23(35)18-4-1-2-5-19(18)24(33)36/h1-2,4-7,12-13,17-19,30H,3,8-11,14H2,(H,31,34,37)/b21-13-/t17-,18?,19?/m0/s1. The number of imide groups is 2. The van der Waals surface area contributed by atoms with Crippen molar-refractivity contribution in [3.63, 3.8) is 0 Å². The number of fused-ring (bicyclic) bond motifs is 1. The van der Waals surface area contributed by atoms with Crippen LogP contribution in [0.1, 0.15) is 24.0 Å². The first-order valence-electron chi connectivity index (χ1n) is 12.3. The summed E-state index contributed by atoms with van der Waals surface area (Å²) >= 11 is 0.654. The summed E-state index contributed by atoms with van der Waals surface area (Å²) in [6, 6.07) is 3.45. The highest BCUT2D eigenvalue weighted by Crippen LogP contribution is 2.37. The van der Waals surface area contributed by atoms with E-state index in [0.29, 0.717) is 50.0 Å². The van der Waals surface area contributed by atoms with Crippen LogP contribution in [0.15, 0.2) is 47.4 Å². The average Bonchev–Trinajstić information content (AvgIpc) is 3.54. The Hall–Kier alpha value is -3.38. The van der Waals surface area contributed by atoms with Gasteiger partial charge in [0.05, 0.1) is 22.3 Å². The molecule has 3 saturated heterocycles. The number of nitrogens with one attached hydrogen (secondary N) is 2.